The van der Waals surface area contributed by atoms with E-state index in [0.29, 0.717) is 6.04 Å². The highest BCUT2D eigenvalue weighted by Crippen LogP contribution is 2.30. The number of anilines is 1. The molecule has 1 N–H and O–H groups in total. The Kier molecular flexibility index (Phi) is 5.26. The fraction of sp³-hybridized carbons (Fsp3) is 0.647. The van der Waals surface area contributed by atoms with Crippen LogP contribution in [-0.4, -0.2) is 19.6 Å². The monoisotopic (exact) mass is 260 g/mol. The fourth-order valence-electron chi connectivity index (χ4n) is 3.14. The highest BCUT2D eigenvalue weighted by molar-refractivity contribution is 5.55. The standard InChI is InChI=1S/C17H28N2/c1-4-15-10-12-19(13-11-15)17-9-7-6-8-16(17)14(3)18-5-2/h6-9,14-15,18H,4-5,10-13H2,1-3H3. The minimum atomic E-state index is 0.435. The van der Waals surface area contributed by atoms with Crippen molar-refractivity contribution < 1.29 is 0 Å². The first-order chi connectivity index (χ1) is 9.26. The average Bonchev–Trinajstić information content (AvgIpc) is 2.47. The Morgan fingerprint density at radius 3 is 2.53 bits per heavy atom. The molecule has 0 aromatic heterocycles. The van der Waals surface area contributed by atoms with Gasteiger partial charge in [-0.1, -0.05) is 38.5 Å². The number of hydrogen-bond donors (Lipinski definition) is 1. The largest absolute Gasteiger partial charge is 0.371 e. The predicted octanol–water partition coefficient (Wildman–Crippen LogP) is 3.98. The normalized spacial score (nSPS) is 18.6. The Balaban J connectivity index is 2.11. The number of para-hydroxylation sites is 1. The van der Waals surface area contributed by atoms with Crippen LogP contribution in [0.15, 0.2) is 24.3 Å². The zero-order valence-corrected chi connectivity index (χ0v) is 12.7. The lowest BCUT2D eigenvalue weighted by Gasteiger charge is -2.35. The van der Waals surface area contributed by atoms with Gasteiger partial charge < -0.3 is 10.2 Å². The molecule has 1 fully saturated rings. The molecule has 0 saturated carbocycles. The van der Waals surface area contributed by atoms with Crippen LogP contribution in [-0.2, 0) is 0 Å². The molecule has 2 rings (SSSR count). The molecular weight excluding hydrogens is 232 g/mol. The molecule has 19 heavy (non-hydrogen) atoms. The lowest BCUT2D eigenvalue weighted by molar-refractivity contribution is 0.394. The van der Waals surface area contributed by atoms with E-state index in [1.165, 1.54) is 43.6 Å². The molecule has 0 aliphatic carbocycles. The van der Waals surface area contributed by atoms with Gasteiger partial charge in [0.1, 0.15) is 0 Å². The van der Waals surface area contributed by atoms with Gasteiger partial charge in [0.25, 0.3) is 0 Å². The smallest absolute Gasteiger partial charge is 0.0414 e. The van der Waals surface area contributed by atoms with E-state index in [-0.39, 0.29) is 0 Å². The van der Waals surface area contributed by atoms with Gasteiger partial charge in [-0.15, -0.1) is 0 Å². The van der Waals surface area contributed by atoms with Crippen LogP contribution >= 0.6 is 0 Å². The number of nitrogens with zero attached hydrogens (tertiary/aromatic N) is 1. The topological polar surface area (TPSA) is 15.3 Å². The third kappa shape index (κ3) is 3.50. The maximum Gasteiger partial charge on any atom is 0.0414 e. The van der Waals surface area contributed by atoms with Crippen molar-refractivity contribution in [1.82, 2.24) is 5.32 Å². The first-order valence-electron chi connectivity index (χ1n) is 7.83. The summed E-state index contributed by atoms with van der Waals surface area (Å²) in [6.07, 6.45) is 4.03. The molecule has 0 radical (unpaired) electrons. The van der Waals surface area contributed by atoms with E-state index in [9.17, 15) is 0 Å². The molecule has 106 valence electrons. The molecule has 2 nitrogen and oxygen atoms in total. The third-order valence-electron chi connectivity index (χ3n) is 4.45. The van der Waals surface area contributed by atoms with E-state index in [4.69, 9.17) is 0 Å². The number of nitrogens with one attached hydrogen (secondary N) is 1. The Morgan fingerprint density at radius 2 is 1.89 bits per heavy atom. The Morgan fingerprint density at radius 1 is 1.21 bits per heavy atom. The summed E-state index contributed by atoms with van der Waals surface area (Å²) in [6, 6.07) is 9.32. The van der Waals surface area contributed by atoms with E-state index in [1.54, 1.807) is 0 Å². The summed E-state index contributed by atoms with van der Waals surface area (Å²) in [7, 11) is 0. The van der Waals surface area contributed by atoms with Gasteiger partial charge in [-0.3, -0.25) is 0 Å². The van der Waals surface area contributed by atoms with Gasteiger partial charge in [-0.2, -0.15) is 0 Å². The van der Waals surface area contributed by atoms with Crippen molar-refractivity contribution in [3.8, 4) is 0 Å². The zero-order valence-electron chi connectivity index (χ0n) is 12.7. The van der Waals surface area contributed by atoms with Crippen molar-refractivity contribution in [2.45, 2.75) is 46.1 Å². The van der Waals surface area contributed by atoms with E-state index < -0.39 is 0 Å². The Bertz CT molecular complexity index is 381. The maximum absolute atomic E-state index is 3.53. The highest BCUT2D eigenvalue weighted by Gasteiger charge is 2.20. The summed E-state index contributed by atoms with van der Waals surface area (Å²) in [4.78, 5) is 2.58. The van der Waals surface area contributed by atoms with Crippen LogP contribution in [0.3, 0.4) is 0 Å². The quantitative estimate of drug-likeness (QED) is 0.861. The summed E-state index contributed by atoms with van der Waals surface area (Å²) < 4.78 is 0. The molecule has 0 spiro atoms. The van der Waals surface area contributed by atoms with Crippen molar-refractivity contribution >= 4 is 5.69 Å². The first-order valence-corrected chi connectivity index (χ1v) is 7.83. The molecule has 1 aromatic rings. The molecule has 2 heteroatoms. The van der Waals surface area contributed by atoms with Crippen LogP contribution in [0.25, 0.3) is 0 Å². The molecule has 1 aliphatic rings. The van der Waals surface area contributed by atoms with Crippen LogP contribution in [0.5, 0.6) is 0 Å². The lowest BCUT2D eigenvalue weighted by Crippen LogP contribution is -2.34. The number of hydrogen-bond acceptors (Lipinski definition) is 2. The van der Waals surface area contributed by atoms with Crippen molar-refractivity contribution in [2.75, 3.05) is 24.5 Å². The molecular formula is C17H28N2. The highest BCUT2D eigenvalue weighted by atomic mass is 15.1. The summed E-state index contributed by atoms with van der Waals surface area (Å²) >= 11 is 0. The second-order valence-corrected chi connectivity index (χ2v) is 5.68. The van der Waals surface area contributed by atoms with Gasteiger partial charge in [-0.05, 0) is 43.9 Å². The summed E-state index contributed by atoms with van der Waals surface area (Å²) in [5, 5.41) is 3.53. The number of rotatable bonds is 5. The van der Waals surface area contributed by atoms with Crippen LogP contribution in [0, 0.1) is 5.92 Å². The van der Waals surface area contributed by atoms with Gasteiger partial charge in [-0.25, -0.2) is 0 Å². The average molecular weight is 260 g/mol. The van der Waals surface area contributed by atoms with Crippen LogP contribution in [0.2, 0.25) is 0 Å². The maximum atomic E-state index is 3.53. The molecule has 1 aliphatic heterocycles. The van der Waals surface area contributed by atoms with Crippen LogP contribution in [0.4, 0.5) is 5.69 Å². The second-order valence-electron chi connectivity index (χ2n) is 5.68. The van der Waals surface area contributed by atoms with Gasteiger partial charge in [0, 0.05) is 24.8 Å². The Hall–Kier alpha value is -1.02. The van der Waals surface area contributed by atoms with Crippen molar-refractivity contribution in [2.24, 2.45) is 5.92 Å². The Labute approximate surface area is 118 Å². The zero-order chi connectivity index (χ0) is 13.7. The first kappa shape index (κ1) is 14.4. The van der Waals surface area contributed by atoms with Gasteiger partial charge in [0.15, 0.2) is 0 Å². The van der Waals surface area contributed by atoms with Crippen molar-refractivity contribution in [3.63, 3.8) is 0 Å². The number of piperidine rings is 1. The van der Waals surface area contributed by atoms with E-state index >= 15 is 0 Å². The van der Waals surface area contributed by atoms with Crippen molar-refractivity contribution in [1.29, 1.82) is 0 Å². The van der Waals surface area contributed by atoms with Gasteiger partial charge in [0.2, 0.25) is 0 Å². The summed E-state index contributed by atoms with van der Waals surface area (Å²) in [5.74, 6) is 0.939. The third-order valence-corrected chi connectivity index (χ3v) is 4.45. The van der Waals surface area contributed by atoms with Crippen LogP contribution < -0.4 is 10.2 Å². The second kappa shape index (κ2) is 6.95. The number of benzene rings is 1. The van der Waals surface area contributed by atoms with E-state index in [1.807, 2.05) is 0 Å². The molecule has 1 atom stereocenters. The fourth-order valence-corrected chi connectivity index (χ4v) is 3.14. The molecule has 1 aromatic carbocycles. The minimum Gasteiger partial charge on any atom is -0.371 e. The summed E-state index contributed by atoms with van der Waals surface area (Å²) in [5.41, 5.74) is 2.88. The van der Waals surface area contributed by atoms with Gasteiger partial charge in [0.05, 0.1) is 0 Å². The molecule has 1 saturated heterocycles. The van der Waals surface area contributed by atoms with Gasteiger partial charge >= 0.3 is 0 Å². The predicted molar refractivity (Wildman–Crippen MR) is 83.8 cm³/mol. The molecule has 0 amide bonds. The SMILES string of the molecule is CCNC(C)c1ccccc1N1CCC(CC)CC1. The lowest BCUT2D eigenvalue weighted by atomic mass is 9.93. The van der Waals surface area contributed by atoms with Crippen molar-refractivity contribution in [3.05, 3.63) is 29.8 Å². The van der Waals surface area contributed by atoms with E-state index in [0.717, 1.165) is 12.5 Å². The summed E-state index contributed by atoms with van der Waals surface area (Å²) in [6.45, 7) is 10.2. The minimum absolute atomic E-state index is 0.435. The molecule has 1 unspecified atom stereocenters. The van der Waals surface area contributed by atoms with Crippen LogP contribution in [0.1, 0.15) is 51.6 Å². The molecule has 0 bridgehead atoms. The van der Waals surface area contributed by atoms with E-state index in [2.05, 4.69) is 55.3 Å². The molecule has 1 heterocycles.